The Labute approximate surface area is 219 Å². The molecule has 1 saturated heterocycles. The van der Waals surface area contributed by atoms with Crippen molar-refractivity contribution in [2.24, 2.45) is 22.7 Å². The topological polar surface area (TPSA) is 97.6 Å². The van der Waals surface area contributed by atoms with Crippen LogP contribution in [-0.4, -0.2) is 22.5 Å². The number of amides is 2. The van der Waals surface area contributed by atoms with Crippen molar-refractivity contribution in [2.45, 2.75) is 27.2 Å². The third kappa shape index (κ3) is 2.76. The summed E-state index contributed by atoms with van der Waals surface area (Å²) < 4.78 is 0. The lowest BCUT2D eigenvalue weighted by molar-refractivity contribution is -0.384. The summed E-state index contributed by atoms with van der Waals surface area (Å²) in [5, 5.41) is 11.5. The summed E-state index contributed by atoms with van der Waals surface area (Å²) in [6.45, 7) is 5.42. The van der Waals surface area contributed by atoms with Crippen LogP contribution in [0.1, 0.15) is 37.0 Å². The van der Waals surface area contributed by atoms with Crippen LogP contribution in [0, 0.1) is 39.7 Å². The van der Waals surface area contributed by atoms with E-state index in [0.29, 0.717) is 12.0 Å². The summed E-state index contributed by atoms with van der Waals surface area (Å²) in [5.41, 5.74) is 1.45. The highest BCUT2D eigenvalue weighted by molar-refractivity contribution is 6.34. The number of imide groups is 1. The number of hydrogen-bond donors (Lipinski definition) is 0. The SMILES string of the molecule is CC[C@@]12C(=O)[C@@](C)(C(c3ccccc3)=C1c1ccccc1)[C@H]1C(=O)N(c3cc([N+](=O)[O-])ccc3C)C(=O)[C@H]12. The van der Waals surface area contributed by atoms with Crippen molar-refractivity contribution in [1.29, 1.82) is 0 Å². The molecule has 7 nitrogen and oxygen atoms in total. The first-order valence-electron chi connectivity index (χ1n) is 12.7. The first kappa shape index (κ1) is 24.0. The molecule has 1 heterocycles. The molecule has 2 aliphatic carbocycles. The molecule has 3 aromatic carbocycles. The predicted octanol–water partition coefficient (Wildman–Crippen LogP) is 5.62. The summed E-state index contributed by atoms with van der Waals surface area (Å²) in [6.07, 6.45) is 0.351. The summed E-state index contributed by atoms with van der Waals surface area (Å²) in [6, 6.07) is 23.4. The summed E-state index contributed by atoms with van der Waals surface area (Å²) >= 11 is 0. The van der Waals surface area contributed by atoms with Gasteiger partial charge in [-0.25, -0.2) is 4.90 Å². The Morgan fingerprint density at radius 1 is 0.842 bits per heavy atom. The van der Waals surface area contributed by atoms with Crippen molar-refractivity contribution in [1.82, 2.24) is 0 Å². The Morgan fingerprint density at radius 2 is 1.39 bits per heavy atom. The van der Waals surface area contributed by atoms with Gasteiger partial charge in [-0.15, -0.1) is 0 Å². The molecule has 38 heavy (non-hydrogen) atoms. The van der Waals surface area contributed by atoms with Gasteiger partial charge in [-0.1, -0.05) is 73.7 Å². The zero-order chi connectivity index (χ0) is 27.0. The van der Waals surface area contributed by atoms with E-state index in [9.17, 15) is 24.5 Å². The molecule has 1 saturated carbocycles. The van der Waals surface area contributed by atoms with Crippen LogP contribution in [0.2, 0.25) is 0 Å². The van der Waals surface area contributed by atoms with E-state index < -0.39 is 39.4 Å². The molecule has 190 valence electrons. The van der Waals surface area contributed by atoms with Crippen molar-refractivity contribution in [3.63, 3.8) is 0 Å². The minimum absolute atomic E-state index is 0.0997. The molecule has 7 heteroatoms. The second-order valence-corrected chi connectivity index (χ2v) is 10.5. The highest BCUT2D eigenvalue weighted by Crippen LogP contribution is 2.74. The fraction of sp³-hybridized carbons (Fsp3) is 0.258. The van der Waals surface area contributed by atoms with Gasteiger partial charge in [0, 0.05) is 12.1 Å². The van der Waals surface area contributed by atoms with Gasteiger partial charge < -0.3 is 0 Å². The molecule has 0 unspecified atom stereocenters. The number of carbonyl (C=O) groups is 3. The van der Waals surface area contributed by atoms with Crippen molar-refractivity contribution in [3.05, 3.63) is 106 Å². The lowest BCUT2D eigenvalue weighted by Crippen LogP contribution is -2.41. The number of ketones is 1. The van der Waals surface area contributed by atoms with Gasteiger partial charge in [0.1, 0.15) is 0 Å². The molecule has 6 rings (SSSR count). The molecule has 1 aliphatic heterocycles. The van der Waals surface area contributed by atoms with Crippen LogP contribution in [0.25, 0.3) is 11.1 Å². The first-order valence-corrected chi connectivity index (χ1v) is 12.7. The number of aryl methyl sites for hydroxylation is 1. The number of fused-ring (bicyclic) bond motifs is 5. The number of rotatable bonds is 5. The summed E-state index contributed by atoms with van der Waals surface area (Å²) in [5.74, 6) is -2.83. The van der Waals surface area contributed by atoms with E-state index in [2.05, 4.69) is 0 Å². The lowest BCUT2D eigenvalue weighted by atomic mass is 9.62. The van der Waals surface area contributed by atoms with Gasteiger partial charge in [0.25, 0.3) is 5.69 Å². The lowest BCUT2D eigenvalue weighted by Gasteiger charge is -2.37. The van der Waals surface area contributed by atoms with Crippen molar-refractivity contribution >= 4 is 40.1 Å². The average molecular weight is 507 g/mol. The van der Waals surface area contributed by atoms with E-state index in [1.807, 2.05) is 67.6 Å². The minimum atomic E-state index is -1.23. The number of hydrogen-bond acceptors (Lipinski definition) is 5. The van der Waals surface area contributed by atoms with E-state index >= 15 is 0 Å². The number of nitro benzene ring substituents is 1. The molecular weight excluding hydrogens is 480 g/mol. The molecule has 0 N–H and O–H groups in total. The van der Waals surface area contributed by atoms with Crippen LogP contribution in [0.5, 0.6) is 0 Å². The van der Waals surface area contributed by atoms with E-state index in [-0.39, 0.29) is 17.2 Å². The maximum atomic E-state index is 14.5. The van der Waals surface area contributed by atoms with Crippen molar-refractivity contribution in [2.75, 3.05) is 4.90 Å². The zero-order valence-corrected chi connectivity index (χ0v) is 21.3. The Kier molecular flexibility index (Phi) is 5.08. The zero-order valence-electron chi connectivity index (χ0n) is 21.3. The molecule has 4 atom stereocenters. The maximum absolute atomic E-state index is 14.5. The number of allylic oxidation sites excluding steroid dienone is 2. The van der Waals surface area contributed by atoms with Crippen LogP contribution in [0.3, 0.4) is 0 Å². The maximum Gasteiger partial charge on any atom is 0.271 e. The second kappa shape index (κ2) is 8.05. The van der Waals surface area contributed by atoms with Gasteiger partial charge in [0.15, 0.2) is 5.78 Å². The summed E-state index contributed by atoms with van der Waals surface area (Å²) in [7, 11) is 0. The minimum Gasteiger partial charge on any atom is -0.298 e. The number of anilines is 1. The van der Waals surface area contributed by atoms with Crippen LogP contribution in [0.15, 0.2) is 78.9 Å². The van der Waals surface area contributed by atoms with E-state index in [4.69, 9.17) is 0 Å². The largest absolute Gasteiger partial charge is 0.298 e. The van der Waals surface area contributed by atoms with Gasteiger partial charge in [-0.05, 0) is 48.1 Å². The van der Waals surface area contributed by atoms with Crippen molar-refractivity contribution < 1.29 is 19.3 Å². The van der Waals surface area contributed by atoms with Crippen LogP contribution in [0.4, 0.5) is 11.4 Å². The molecule has 3 aromatic rings. The van der Waals surface area contributed by atoms with Crippen LogP contribution < -0.4 is 4.90 Å². The predicted molar refractivity (Wildman–Crippen MR) is 143 cm³/mol. The Morgan fingerprint density at radius 3 is 1.95 bits per heavy atom. The van der Waals surface area contributed by atoms with Gasteiger partial charge in [-0.2, -0.15) is 0 Å². The number of Topliss-reactive ketones (excluding diaryl/α,β-unsaturated/α-hetero) is 1. The number of carbonyl (C=O) groups excluding carboxylic acids is 3. The monoisotopic (exact) mass is 506 g/mol. The van der Waals surface area contributed by atoms with Gasteiger partial charge >= 0.3 is 0 Å². The van der Waals surface area contributed by atoms with Crippen LogP contribution >= 0.6 is 0 Å². The number of nitrogens with zero attached hydrogens (tertiary/aromatic N) is 2. The van der Waals surface area contributed by atoms with Gasteiger partial charge in [0.2, 0.25) is 11.8 Å². The fourth-order valence-corrected chi connectivity index (χ4v) is 7.32. The first-order chi connectivity index (χ1) is 18.2. The highest BCUT2D eigenvalue weighted by atomic mass is 16.6. The Hall–Kier alpha value is -4.39. The number of nitro groups is 1. The highest BCUT2D eigenvalue weighted by Gasteiger charge is 2.79. The number of non-ortho nitro benzene ring substituents is 1. The van der Waals surface area contributed by atoms with E-state index in [0.717, 1.165) is 27.2 Å². The van der Waals surface area contributed by atoms with Crippen LogP contribution in [-0.2, 0) is 14.4 Å². The second-order valence-electron chi connectivity index (χ2n) is 10.5. The molecule has 0 spiro atoms. The molecular formula is C31H26N2O5. The summed E-state index contributed by atoms with van der Waals surface area (Å²) in [4.78, 5) is 55.0. The molecule has 2 amide bonds. The molecule has 0 aromatic heterocycles. The smallest absolute Gasteiger partial charge is 0.271 e. The molecule has 2 bridgehead atoms. The Bertz CT molecular complexity index is 1580. The third-order valence-electron chi connectivity index (χ3n) is 8.88. The van der Waals surface area contributed by atoms with Crippen molar-refractivity contribution in [3.8, 4) is 0 Å². The molecule has 2 fully saturated rings. The Balaban J connectivity index is 1.63. The van der Waals surface area contributed by atoms with Gasteiger partial charge in [0.05, 0.1) is 33.3 Å². The molecule has 0 radical (unpaired) electrons. The quantitative estimate of drug-likeness (QED) is 0.254. The van der Waals surface area contributed by atoms with Gasteiger partial charge in [-0.3, -0.25) is 24.5 Å². The third-order valence-corrected chi connectivity index (χ3v) is 8.88. The van der Waals surface area contributed by atoms with E-state index in [1.165, 1.54) is 12.1 Å². The van der Waals surface area contributed by atoms with E-state index in [1.54, 1.807) is 19.9 Å². The standard InChI is InChI=1S/C31H26N2O5/c1-4-31-24(20-13-9-6-10-14-20)23(19-11-7-5-8-12-19)30(3,29(31)36)25-26(31)28(35)32(27(25)34)22-17-21(33(37)38)16-15-18(22)2/h5-17,25-26H,4H2,1-3H3/t25-,26+,30+,31-/m1/s1. The molecule has 3 aliphatic rings. The normalized spacial score (nSPS) is 27.9. The number of benzene rings is 3. The average Bonchev–Trinajstić information content (AvgIpc) is 3.39. The fourth-order valence-electron chi connectivity index (χ4n) is 7.32.